The summed E-state index contributed by atoms with van der Waals surface area (Å²) in [7, 11) is -0.451. The molecule has 0 unspecified atom stereocenters. The first-order valence-electron chi connectivity index (χ1n) is 21.8. The van der Waals surface area contributed by atoms with E-state index in [-0.39, 0.29) is 28.0 Å². The average molecular weight is 1150 g/mol. The molecule has 2 aromatic carbocycles. The lowest BCUT2D eigenvalue weighted by Gasteiger charge is -2.32. The number of nitrogens with two attached hydrogens (primary N) is 2. The molecular weight excluding hydrogens is 1090 g/mol. The fourth-order valence-electron chi connectivity index (χ4n) is 6.55. The van der Waals surface area contributed by atoms with Crippen LogP contribution in [0.1, 0.15) is 112 Å². The minimum Gasteiger partial charge on any atom is -0.399 e. The molecule has 7 aromatic rings. The van der Waals surface area contributed by atoms with Gasteiger partial charge in [-0.1, -0.05) is 59.1 Å². The van der Waals surface area contributed by atoms with Gasteiger partial charge in [0.2, 0.25) is 5.78 Å². The number of rotatable bonds is 7. The summed E-state index contributed by atoms with van der Waals surface area (Å²) in [4.78, 5) is 60.2. The van der Waals surface area contributed by atoms with Crippen LogP contribution in [0.25, 0.3) is 33.2 Å². The van der Waals surface area contributed by atoms with Crippen LogP contribution in [-0.2, 0) is 9.31 Å². The third-order valence-electron chi connectivity index (χ3n) is 10.6. The highest BCUT2D eigenvalue weighted by molar-refractivity contribution is 9.10. The Bertz CT molecular complexity index is 3010. The Morgan fingerprint density at radius 2 is 1.07 bits per heavy atom. The van der Waals surface area contributed by atoms with Gasteiger partial charge in [0.15, 0.2) is 0 Å². The number of primary amides is 2. The number of alkyl halides is 3. The van der Waals surface area contributed by atoms with Crippen molar-refractivity contribution in [2.45, 2.75) is 109 Å². The van der Waals surface area contributed by atoms with Gasteiger partial charge in [0.05, 0.1) is 50.4 Å². The third-order valence-corrected chi connectivity index (χ3v) is 12.0. The van der Waals surface area contributed by atoms with E-state index in [1.54, 1.807) is 36.8 Å². The number of halogens is 5. The molecule has 22 heteroatoms. The summed E-state index contributed by atoms with van der Waals surface area (Å²) >= 11 is 22.4. The van der Waals surface area contributed by atoms with E-state index in [1.807, 2.05) is 50.2 Å². The highest BCUT2D eigenvalue weighted by Crippen LogP contribution is 2.37. The number of nitrogens with zero attached hydrogens (tertiary/aromatic N) is 4. The second-order valence-electron chi connectivity index (χ2n) is 19.4. The molecule has 372 valence electrons. The number of Topliss-reactive ketones (excluding diaryl/α,β-unsaturated/α-hetero) is 1. The molecule has 1 aliphatic rings. The molecule has 1 aliphatic heterocycles. The van der Waals surface area contributed by atoms with E-state index in [0.717, 1.165) is 70.6 Å². The molecule has 0 spiro atoms. The fraction of sp³-hybridized carbons (Fsp3) is 0.354. The van der Waals surface area contributed by atoms with E-state index < -0.39 is 28.5 Å². The first kappa shape index (κ1) is 55.9. The molecule has 5 aromatic heterocycles. The van der Waals surface area contributed by atoms with E-state index in [1.165, 1.54) is 0 Å². The number of para-hydroxylation sites is 2. The standard InChI is InChI=1S/C19H28BN3O2.C18H21N5O.C6H3BrCl3NO.C5H5BrN2O/c1-12-16(23-17(2,3)4)22-15-13(10-9-11-14(15)21-12)20-24-18(5,6)19(7,8)25-20;1-10-17(23-18(2,3)4)22-15-12(6-5-7-13(15)21-10)11-8-14(16(19)24)20-9-11;7-3-1-4(11-2-3)5(12)6(8,9)10;6-3-1-4(5(7)9)8-2-3/h9-11H,1-8H3,(H,22,23);5-9,20H,1-4H3,(H2,19,24)(H,22,23);1-2,11H;1-2,8H,(H2,7,9). The molecule has 2 amide bonds. The second kappa shape index (κ2) is 21.8. The SMILES string of the molecule is Cc1nc2cccc(-c3c[nH]c(C(N)=O)c3)c2nc1NC(C)(C)C.Cc1nc2cccc(B3OC(C)(C)C(C)(C)O3)c2nc1NC(C)(C)C.NC(=O)c1cc(Br)c[nH]1.O=C(c1cc(Br)c[nH]1)C(Cl)(Cl)Cl. The molecule has 1 fully saturated rings. The average Bonchev–Trinajstić information content (AvgIpc) is 4.04. The first-order valence-corrected chi connectivity index (χ1v) is 24.5. The van der Waals surface area contributed by atoms with Gasteiger partial charge >= 0.3 is 7.12 Å². The van der Waals surface area contributed by atoms with Gasteiger partial charge in [0.25, 0.3) is 15.6 Å². The maximum Gasteiger partial charge on any atom is 0.497 e. The van der Waals surface area contributed by atoms with E-state index in [4.69, 9.17) is 70.5 Å². The summed E-state index contributed by atoms with van der Waals surface area (Å²) in [6.45, 7) is 24.7. The summed E-state index contributed by atoms with van der Waals surface area (Å²) in [5.41, 5.74) is 18.0. The molecule has 0 aliphatic carbocycles. The molecule has 0 atom stereocenters. The molecule has 0 bridgehead atoms. The van der Waals surface area contributed by atoms with Crippen molar-refractivity contribution in [2.75, 3.05) is 10.6 Å². The van der Waals surface area contributed by atoms with E-state index in [9.17, 15) is 14.4 Å². The maximum absolute atomic E-state index is 11.3. The zero-order valence-corrected chi connectivity index (χ0v) is 46.3. The van der Waals surface area contributed by atoms with Crippen LogP contribution in [-0.4, -0.2) is 85.7 Å². The number of nitrogens with one attached hydrogen (secondary N) is 5. The van der Waals surface area contributed by atoms with Crippen LogP contribution < -0.4 is 27.6 Å². The summed E-state index contributed by atoms with van der Waals surface area (Å²) in [5, 5.41) is 6.82. The Hall–Kier alpha value is -5.02. The van der Waals surface area contributed by atoms with Gasteiger partial charge in [-0.25, -0.2) is 19.9 Å². The first-order chi connectivity index (χ1) is 32.2. The predicted molar refractivity (Wildman–Crippen MR) is 289 cm³/mol. The largest absolute Gasteiger partial charge is 0.497 e. The van der Waals surface area contributed by atoms with Gasteiger partial charge in [-0.05, 0) is 145 Å². The number of amides is 2. The van der Waals surface area contributed by atoms with Gasteiger partial charge in [0, 0.05) is 55.2 Å². The zero-order valence-electron chi connectivity index (χ0n) is 40.9. The van der Waals surface area contributed by atoms with E-state index in [2.05, 4.69) is 132 Å². The minimum atomic E-state index is -1.90. The van der Waals surface area contributed by atoms with Crippen LogP contribution >= 0.6 is 66.7 Å². The van der Waals surface area contributed by atoms with Crippen LogP contribution in [0, 0.1) is 13.8 Å². The molecule has 8 rings (SSSR count). The van der Waals surface area contributed by atoms with Crippen LogP contribution in [0.3, 0.4) is 0 Å². The normalized spacial score (nSPS) is 14.2. The Morgan fingerprint density at radius 3 is 1.49 bits per heavy atom. The Labute approximate surface area is 439 Å². The Morgan fingerprint density at radius 1 is 0.643 bits per heavy atom. The number of fused-ring (bicyclic) bond motifs is 2. The zero-order chi connectivity index (χ0) is 52.3. The van der Waals surface area contributed by atoms with Gasteiger partial charge in [-0.15, -0.1) is 0 Å². The maximum atomic E-state index is 11.3. The van der Waals surface area contributed by atoms with Crippen molar-refractivity contribution in [2.24, 2.45) is 11.5 Å². The lowest BCUT2D eigenvalue weighted by atomic mass is 9.78. The predicted octanol–water partition coefficient (Wildman–Crippen LogP) is 10.9. The fourth-order valence-corrected chi connectivity index (χ4v) is 7.54. The molecule has 6 heterocycles. The number of aromatic amines is 3. The summed E-state index contributed by atoms with van der Waals surface area (Å²) in [5.74, 6) is 0.0504. The van der Waals surface area contributed by atoms with Crippen molar-refractivity contribution in [1.29, 1.82) is 0 Å². The molecule has 0 radical (unpaired) electrons. The summed E-state index contributed by atoms with van der Waals surface area (Å²) in [6.07, 6.45) is 5.00. The van der Waals surface area contributed by atoms with Crippen LogP contribution in [0.5, 0.6) is 0 Å². The molecule has 16 nitrogen and oxygen atoms in total. The van der Waals surface area contributed by atoms with Gasteiger partial charge in [-0.3, -0.25) is 14.4 Å². The lowest BCUT2D eigenvalue weighted by Crippen LogP contribution is -2.41. The minimum absolute atomic E-state index is 0.0909. The van der Waals surface area contributed by atoms with E-state index in [0.29, 0.717) is 11.4 Å². The number of benzene rings is 2. The summed E-state index contributed by atoms with van der Waals surface area (Å²) in [6, 6.07) is 16.7. The molecule has 0 saturated carbocycles. The second-order valence-corrected chi connectivity index (χ2v) is 23.5. The van der Waals surface area contributed by atoms with Crippen LogP contribution in [0.2, 0.25) is 0 Å². The quantitative estimate of drug-likeness (QED) is 0.0449. The number of hydrogen-bond donors (Lipinski definition) is 7. The molecular formula is C48H57BBr2Cl3N11O5. The third kappa shape index (κ3) is 14.5. The van der Waals surface area contributed by atoms with Crippen LogP contribution in [0.4, 0.5) is 11.6 Å². The van der Waals surface area contributed by atoms with Crippen molar-refractivity contribution in [3.63, 3.8) is 0 Å². The number of H-pyrrole nitrogens is 3. The van der Waals surface area contributed by atoms with Gasteiger partial charge < -0.3 is 46.4 Å². The molecule has 70 heavy (non-hydrogen) atoms. The number of carbonyl (C=O) groups is 3. The van der Waals surface area contributed by atoms with Gasteiger partial charge in [0.1, 0.15) is 23.0 Å². The number of hydrogen-bond acceptors (Lipinski definition) is 11. The Kier molecular flexibility index (Phi) is 17.4. The Balaban J connectivity index is 0.000000187. The number of aryl methyl sites for hydroxylation is 2. The lowest BCUT2D eigenvalue weighted by molar-refractivity contribution is 0.00578. The summed E-state index contributed by atoms with van der Waals surface area (Å²) < 4.78 is 12.1. The van der Waals surface area contributed by atoms with Gasteiger partial charge in [-0.2, -0.15) is 0 Å². The van der Waals surface area contributed by atoms with E-state index >= 15 is 0 Å². The smallest absolute Gasteiger partial charge is 0.399 e. The number of anilines is 2. The van der Waals surface area contributed by atoms with Crippen molar-refractivity contribution in [3.8, 4) is 11.1 Å². The number of aromatic nitrogens is 7. The molecule has 1 saturated heterocycles. The van der Waals surface area contributed by atoms with Crippen LogP contribution in [0.15, 0.2) is 82.1 Å². The number of carbonyl (C=O) groups excluding carboxylic acids is 3. The van der Waals surface area contributed by atoms with Crippen molar-refractivity contribution in [1.82, 2.24) is 34.9 Å². The van der Waals surface area contributed by atoms with Crippen molar-refractivity contribution < 1.29 is 23.7 Å². The topological polar surface area (TPSA) is 245 Å². The molecule has 9 N–H and O–H groups in total. The van der Waals surface area contributed by atoms with Crippen molar-refractivity contribution in [3.05, 3.63) is 111 Å². The number of ketones is 1. The monoisotopic (exact) mass is 1140 g/mol. The highest BCUT2D eigenvalue weighted by atomic mass is 79.9. The van der Waals surface area contributed by atoms with Crippen molar-refractivity contribution >= 4 is 131 Å². The highest BCUT2D eigenvalue weighted by Gasteiger charge is 2.52.